The van der Waals surface area contributed by atoms with Crippen molar-refractivity contribution in [2.75, 3.05) is 19.6 Å². The third kappa shape index (κ3) is 4.84. The van der Waals surface area contributed by atoms with Gasteiger partial charge in [0.2, 0.25) is 0 Å². The normalized spacial score (nSPS) is 18.7. The summed E-state index contributed by atoms with van der Waals surface area (Å²) in [5.74, 6) is 0. The number of benzene rings is 1. The maximum atomic E-state index is 8.97. The molecule has 1 fully saturated rings. The van der Waals surface area contributed by atoms with E-state index in [1.165, 1.54) is 43.4 Å². The third-order valence-corrected chi connectivity index (χ3v) is 4.30. The average molecular weight is 285 g/mol. The van der Waals surface area contributed by atoms with E-state index >= 15 is 0 Å². The lowest BCUT2D eigenvalue weighted by molar-refractivity contribution is 0.217. The van der Waals surface area contributed by atoms with Crippen molar-refractivity contribution in [3.05, 3.63) is 34.9 Å². The van der Waals surface area contributed by atoms with Gasteiger partial charge in [0.25, 0.3) is 0 Å². The Balaban J connectivity index is 1.99. The molecular formula is C18H27N3. The molecule has 0 aromatic heterocycles. The molecule has 0 spiro atoms. The Bertz CT molecular complexity index is 484. The number of nitrogens with one attached hydrogen (secondary N) is 1. The second-order valence-electron chi connectivity index (χ2n) is 6.14. The molecule has 1 aromatic carbocycles. The van der Waals surface area contributed by atoms with Gasteiger partial charge in [-0.3, -0.25) is 4.90 Å². The van der Waals surface area contributed by atoms with Gasteiger partial charge in [-0.05, 0) is 62.5 Å². The second kappa shape index (κ2) is 8.17. The number of aryl methyl sites for hydroxylation is 1. The topological polar surface area (TPSA) is 39.1 Å². The first kappa shape index (κ1) is 16.0. The van der Waals surface area contributed by atoms with Gasteiger partial charge in [-0.1, -0.05) is 19.4 Å². The molecule has 21 heavy (non-hydrogen) atoms. The summed E-state index contributed by atoms with van der Waals surface area (Å²) in [6, 6.07) is 8.91. The molecule has 1 atom stereocenters. The van der Waals surface area contributed by atoms with Gasteiger partial charge in [0, 0.05) is 19.1 Å². The van der Waals surface area contributed by atoms with E-state index in [-0.39, 0.29) is 0 Å². The van der Waals surface area contributed by atoms with Crippen molar-refractivity contribution in [3.8, 4) is 6.07 Å². The van der Waals surface area contributed by atoms with Gasteiger partial charge >= 0.3 is 0 Å². The minimum absolute atomic E-state index is 0.643. The minimum Gasteiger partial charge on any atom is -0.313 e. The molecule has 3 heteroatoms. The highest BCUT2D eigenvalue weighted by Crippen LogP contribution is 2.15. The first-order valence-corrected chi connectivity index (χ1v) is 8.18. The highest BCUT2D eigenvalue weighted by Gasteiger charge is 2.17. The van der Waals surface area contributed by atoms with Gasteiger partial charge in [0.1, 0.15) is 0 Å². The lowest BCUT2D eigenvalue weighted by Crippen LogP contribution is -2.43. The van der Waals surface area contributed by atoms with E-state index < -0.39 is 0 Å². The summed E-state index contributed by atoms with van der Waals surface area (Å²) in [5.41, 5.74) is 3.33. The van der Waals surface area contributed by atoms with Crippen molar-refractivity contribution in [2.24, 2.45) is 0 Å². The van der Waals surface area contributed by atoms with Gasteiger partial charge < -0.3 is 5.32 Å². The molecule has 3 nitrogen and oxygen atoms in total. The number of rotatable bonds is 6. The predicted octanol–water partition coefficient (Wildman–Crippen LogP) is 3.22. The van der Waals surface area contributed by atoms with E-state index in [0.717, 1.165) is 25.2 Å². The van der Waals surface area contributed by atoms with Crippen LogP contribution in [0.25, 0.3) is 0 Å². The summed E-state index contributed by atoms with van der Waals surface area (Å²) in [6.07, 6.45) is 5.15. The van der Waals surface area contributed by atoms with Gasteiger partial charge in [-0.2, -0.15) is 5.26 Å². The van der Waals surface area contributed by atoms with Crippen LogP contribution in [0.3, 0.4) is 0 Å². The highest BCUT2D eigenvalue weighted by atomic mass is 15.1. The van der Waals surface area contributed by atoms with Crippen molar-refractivity contribution in [1.82, 2.24) is 10.2 Å². The van der Waals surface area contributed by atoms with Crippen molar-refractivity contribution in [2.45, 2.75) is 52.1 Å². The van der Waals surface area contributed by atoms with Crippen molar-refractivity contribution in [3.63, 3.8) is 0 Å². The molecule has 1 aliphatic heterocycles. The molecule has 0 radical (unpaired) electrons. The van der Waals surface area contributed by atoms with Crippen LogP contribution in [-0.4, -0.2) is 30.6 Å². The number of hydrogen-bond donors (Lipinski definition) is 1. The molecule has 1 aliphatic rings. The smallest absolute Gasteiger partial charge is 0.0991 e. The van der Waals surface area contributed by atoms with Crippen LogP contribution >= 0.6 is 0 Å². The SMILES string of the molecule is CCCN(Cc1ccc(C#N)cc1C)CC1CCCCN1. The maximum Gasteiger partial charge on any atom is 0.0991 e. The molecule has 0 amide bonds. The minimum atomic E-state index is 0.643. The first-order chi connectivity index (χ1) is 10.2. The van der Waals surface area contributed by atoms with E-state index in [1.54, 1.807) is 0 Å². The van der Waals surface area contributed by atoms with Crippen LogP contribution in [0.4, 0.5) is 0 Å². The second-order valence-corrected chi connectivity index (χ2v) is 6.14. The predicted molar refractivity (Wildman–Crippen MR) is 87.1 cm³/mol. The largest absolute Gasteiger partial charge is 0.313 e. The van der Waals surface area contributed by atoms with Gasteiger partial charge in [0.15, 0.2) is 0 Å². The fourth-order valence-electron chi connectivity index (χ4n) is 3.13. The van der Waals surface area contributed by atoms with Crippen LogP contribution in [0.15, 0.2) is 18.2 Å². The average Bonchev–Trinajstić information content (AvgIpc) is 2.50. The standard InChI is InChI=1S/C18H27N3/c1-3-10-21(14-18-6-4-5-9-20-18)13-17-8-7-16(12-19)11-15(17)2/h7-8,11,18,20H,3-6,9-10,13-14H2,1-2H3. The lowest BCUT2D eigenvalue weighted by atomic mass is 10.0. The van der Waals surface area contributed by atoms with Gasteiger partial charge in [0.05, 0.1) is 11.6 Å². The molecule has 0 saturated carbocycles. The first-order valence-electron chi connectivity index (χ1n) is 8.18. The Hall–Kier alpha value is -1.37. The molecule has 0 aliphatic carbocycles. The van der Waals surface area contributed by atoms with Crippen molar-refractivity contribution in [1.29, 1.82) is 5.26 Å². The Morgan fingerprint density at radius 1 is 1.38 bits per heavy atom. The fraction of sp³-hybridized carbons (Fsp3) is 0.611. The van der Waals surface area contributed by atoms with Crippen LogP contribution < -0.4 is 5.32 Å². The van der Waals surface area contributed by atoms with E-state index in [4.69, 9.17) is 5.26 Å². The van der Waals surface area contributed by atoms with Crippen LogP contribution in [0.2, 0.25) is 0 Å². The number of nitriles is 1. The molecule has 1 N–H and O–H groups in total. The molecule has 114 valence electrons. The zero-order valence-electron chi connectivity index (χ0n) is 13.4. The summed E-state index contributed by atoms with van der Waals surface area (Å²) in [4.78, 5) is 2.55. The van der Waals surface area contributed by atoms with Crippen LogP contribution in [-0.2, 0) is 6.54 Å². The summed E-state index contributed by atoms with van der Waals surface area (Å²) in [6.45, 7) is 8.78. The Kier molecular flexibility index (Phi) is 6.22. The zero-order chi connectivity index (χ0) is 15.1. The van der Waals surface area contributed by atoms with Crippen LogP contribution in [0.1, 0.15) is 49.3 Å². The van der Waals surface area contributed by atoms with Gasteiger partial charge in [-0.15, -0.1) is 0 Å². The number of hydrogen-bond acceptors (Lipinski definition) is 3. The summed E-state index contributed by atoms with van der Waals surface area (Å²) < 4.78 is 0. The highest BCUT2D eigenvalue weighted by molar-refractivity contribution is 5.37. The molecule has 1 aromatic rings. The molecule has 0 bridgehead atoms. The van der Waals surface area contributed by atoms with Gasteiger partial charge in [-0.25, -0.2) is 0 Å². The fourth-order valence-corrected chi connectivity index (χ4v) is 3.13. The number of nitrogens with zero attached hydrogens (tertiary/aromatic N) is 2. The quantitative estimate of drug-likeness (QED) is 0.872. The Labute approximate surface area is 129 Å². The lowest BCUT2D eigenvalue weighted by Gasteiger charge is -2.30. The number of piperidine rings is 1. The summed E-state index contributed by atoms with van der Waals surface area (Å²) in [5, 5.41) is 12.6. The van der Waals surface area contributed by atoms with E-state index in [0.29, 0.717) is 6.04 Å². The molecule has 1 saturated heterocycles. The summed E-state index contributed by atoms with van der Waals surface area (Å²) in [7, 11) is 0. The molecule has 1 unspecified atom stereocenters. The van der Waals surface area contributed by atoms with Crippen LogP contribution in [0.5, 0.6) is 0 Å². The van der Waals surface area contributed by atoms with E-state index in [2.05, 4.69) is 36.2 Å². The molecule has 1 heterocycles. The van der Waals surface area contributed by atoms with Crippen molar-refractivity contribution >= 4 is 0 Å². The summed E-state index contributed by atoms with van der Waals surface area (Å²) >= 11 is 0. The van der Waals surface area contributed by atoms with Crippen molar-refractivity contribution < 1.29 is 0 Å². The van der Waals surface area contributed by atoms with E-state index in [9.17, 15) is 0 Å². The monoisotopic (exact) mass is 285 g/mol. The maximum absolute atomic E-state index is 8.97. The zero-order valence-corrected chi connectivity index (χ0v) is 13.4. The third-order valence-electron chi connectivity index (χ3n) is 4.30. The van der Waals surface area contributed by atoms with Crippen LogP contribution in [0, 0.1) is 18.3 Å². The molecule has 2 rings (SSSR count). The van der Waals surface area contributed by atoms with E-state index in [1.807, 2.05) is 12.1 Å². The molecular weight excluding hydrogens is 258 g/mol. The Morgan fingerprint density at radius 2 is 2.24 bits per heavy atom. The Morgan fingerprint density at radius 3 is 2.86 bits per heavy atom.